The molecule has 1 aliphatic heterocycles. The SMILES string of the molecule is Cc1cccc2c1CN(C(CCC(=O)NC=O)SF)C2=O. The van der Waals surface area contributed by atoms with E-state index in [1.165, 1.54) is 4.90 Å². The number of amides is 3. The molecule has 0 aromatic heterocycles. The Morgan fingerprint density at radius 2 is 2.33 bits per heavy atom. The van der Waals surface area contributed by atoms with Gasteiger partial charge >= 0.3 is 0 Å². The van der Waals surface area contributed by atoms with Crippen molar-refractivity contribution in [1.82, 2.24) is 10.2 Å². The average molecular weight is 310 g/mol. The van der Waals surface area contributed by atoms with Crippen LogP contribution in [0.5, 0.6) is 0 Å². The number of aryl methyl sites for hydroxylation is 1. The van der Waals surface area contributed by atoms with Crippen molar-refractivity contribution in [1.29, 1.82) is 0 Å². The van der Waals surface area contributed by atoms with Crippen molar-refractivity contribution in [2.75, 3.05) is 0 Å². The van der Waals surface area contributed by atoms with Crippen LogP contribution in [0.25, 0.3) is 0 Å². The summed E-state index contributed by atoms with van der Waals surface area (Å²) in [6.07, 6.45) is 0.430. The van der Waals surface area contributed by atoms with Gasteiger partial charge in [-0.05, 0) is 30.5 Å². The highest BCUT2D eigenvalue weighted by atomic mass is 32.2. The molecule has 1 N–H and O–H groups in total. The van der Waals surface area contributed by atoms with Crippen LogP contribution in [0.1, 0.15) is 34.3 Å². The molecular formula is C14H15FN2O3S. The third kappa shape index (κ3) is 3.24. The maximum Gasteiger partial charge on any atom is 0.255 e. The summed E-state index contributed by atoms with van der Waals surface area (Å²) in [6.45, 7) is 2.25. The number of carbonyl (C=O) groups excluding carboxylic acids is 3. The van der Waals surface area contributed by atoms with Gasteiger partial charge in [0.1, 0.15) is 5.37 Å². The van der Waals surface area contributed by atoms with Gasteiger partial charge in [-0.3, -0.25) is 19.7 Å². The number of benzene rings is 1. The minimum atomic E-state index is -0.735. The van der Waals surface area contributed by atoms with Crippen molar-refractivity contribution in [3.63, 3.8) is 0 Å². The van der Waals surface area contributed by atoms with E-state index in [0.29, 0.717) is 18.5 Å². The van der Waals surface area contributed by atoms with Crippen LogP contribution in [0.4, 0.5) is 3.89 Å². The molecule has 1 aromatic carbocycles. The van der Waals surface area contributed by atoms with E-state index in [-0.39, 0.29) is 30.9 Å². The number of rotatable bonds is 6. The predicted molar refractivity (Wildman–Crippen MR) is 77.0 cm³/mol. The van der Waals surface area contributed by atoms with Crippen LogP contribution >= 0.6 is 12.1 Å². The number of nitrogens with one attached hydrogen (secondary N) is 1. The van der Waals surface area contributed by atoms with E-state index >= 15 is 0 Å². The van der Waals surface area contributed by atoms with Crippen LogP contribution in [-0.2, 0) is 16.1 Å². The molecule has 21 heavy (non-hydrogen) atoms. The van der Waals surface area contributed by atoms with Gasteiger partial charge in [-0.2, -0.15) is 3.89 Å². The minimum Gasteiger partial charge on any atom is -0.320 e. The van der Waals surface area contributed by atoms with E-state index in [1.54, 1.807) is 12.1 Å². The van der Waals surface area contributed by atoms with Gasteiger partial charge in [-0.1, -0.05) is 12.1 Å². The first-order chi connectivity index (χ1) is 10.1. The number of imide groups is 1. The Hall–Kier alpha value is -1.89. The van der Waals surface area contributed by atoms with E-state index in [0.717, 1.165) is 11.1 Å². The lowest BCUT2D eigenvalue weighted by Crippen LogP contribution is -2.34. The van der Waals surface area contributed by atoms with E-state index < -0.39 is 11.3 Å². The van der Waals surface area contributed by atoms with Gasteiger partial charge in [-0.15, -0.1) is 0 Å². The van der Waals surface area contributed by atoms with Gasteiger partial charge in [0.2, 0.25) is 12.3 Å². The number of carbonyl (C=O) groups is 3. The maximum absolute atomic E-state index is 13.2. The van der Waals surface area contributed by atoms with Crippen molar-refractivity contribution >= 4 is 30.4 Å². The van der Waals surface area contributed by atoms with Gasteiger partial charge in [0.05, 0.1) is 12.1 Å². The molecule has 1 unspecified atom stereocenters. The molecule has 0 radical (unpaired) electrons. The summed E-state index contributed by atoms with van der Waals surface area (Å²) in [5, 5.41) is 1.26. The van der Waals surface area contributed by atoms with Crippen LogP contribution in [0.3, 0.4) is 0 Å². The minimum absolute atomic E-state index is 0.0145. The Kier molecular flexibility index (Phi) is 4.95. The Bertz CT molecular complexity index is 579. The molecule has 7 heteroatoms. The zero-order valence-corrected chi connectivity index (χ0v) is 12.3. The standard InChI is InChI=1S/C14H15FN2O3S/c1-9-3-2-4-10-11(9)7-17(14(10)20)13(21-15)6-5-12(19)16-8-18/h2-4,8,13H,5-7H2,1H3,(H,16,18,19). The fourth-order valence-electron chi connectivity index (χ4n) is 2.38. The lowest BCUT2D eigenvalue weighted by atomic mass is 10.1. The van der Waals surface area contributed by atoms with E-state index in [4.69, 9.17) is 0 Å². The molecule has 1 aromatic rings. The van der Waals surface area contributed by atoms with Crippen molar-refractivity contribution < 1.29 is 18.3 Å². The molecule has 0 bridgehead atoms. The number of fused-ring (bicyclic) bond motifs is 1. The van der Waals surface area contributed by atoms with Crippen molar-refractivity contribution in [2.24, 2.45) is 0 Å². The van der Waals surface area contributed by atoms with Crippen molar-refractivity contribution in [2.45, 2.75) is 31.7 Å². The second-order valence-corrected chi connectivity index (χ2v) is 5.52. The third-order valence-corrected chi connectivity index (χ3v) is 4.21. The molecule has 0 aliphatic carbocycles. The fraction of sp³-hybridized carbons (Fsp3) is 0.357. The molecule has 0 saturated heterocycles. The molecule has 5 nitrogen and oxygen atoms in total. The second-order valence-electron chi connectivity index (χ2n) is 4.80. The highest BCUT2D eigenvalue weighted by molar-refractivity contribution is 7.94. The number of nitrogens with zero attached hydrogens (tertiary/aromatic N) is 1. The molecule has 3 amide bonds. The van der Waals surface area contributed by atoms with E-state index in [9.17, 15) is 18.3 Å². The predicted octanol–water partition coefficient (Wildman–Crippen LogP) is 1.95. The molecule has 0 spiro atoms. The highest BCUT2D eigenvalue weighted by Crippen LogP contribution is 2.32. The smallest absolute Gasteiger partial charge is 0.255 e. The first-order valence-corrected chi connectivity index (χ1v) is 7.26. The van der Waals surface area contributed by atoms with Gasteiger partial charge in [0, 0.05) is 18.5 Å². The van der Waals surface area contributed by atoms with Gasteiger partial charge < -0.3 is 4.90 Å². The fourth-order valence-corrected chi connectivity index (χ4v) is 2.86. The summed E-state index contributed by atoms with van der Waals surface area (Å²) in [4.78, 5) is 35.1. The Labute approximate surface area is 126 Å². The second kappa shape index (κ2) is 6.71. The van der Waals surface area contributed by atoms with Crippen LogP contribution in [0.15, 0.2) is 18.2 Å². The largest absolute Gasteiger partial charge is 0.320 e. The van der Waals surface area contributed by atoms with Gasteiger partial charge in [-0.25, -0.2) is 0 Å². The number of hydrogen-bond donors (Lipinski definition) is 1. The summed E-state index contributed by atoms with van der Waals surface area (Å²) in [5.41, 5.74) is 2.48. The quantitative estimate of drug-likeness (QED) is 0.816. The van der Waals surface area contributed by atoms with Crippen molar-refractivity contribution in [3.05, 3.63) is 34.9 Å². The topological polar surface area (TPSA) is 66.5 Å². The molecule has 1 atom stereocenters. The average Bonchev–Trinajstić information content (AvgIpc) is 2.79. The summed E-state index contributed by atoms with van der Waals surface area (Å²) < 4.78 is 13.2. The molecule has 0 fully saturated rings. The normalized spacial score (nSPS) is 14.8. The maximum atomic E-state index is 13.2. The van der Waals surface area contributed by atoms with Crippen molar-refractivity contribution in [3.8, 4) is 0 Å². The highest BCUT2D eigenvalue weighted by Gasteiger charge is 2.34. The Balaban J connectivity index is 2.07. The lowest BCUT2D eigenvalue weighted by molar-refractivity contribution is -0.125. The zero-order valence-electron chi connectivity index (χ0n) is 11.5. The monoisotopic (exact) mass is 310 g/mol. The van der Waals surface area contributed by atoms with E-state index in [2.05, 4.69) is 0 Å². The van der Waals surface area contributed by atoms with Crippen LogP contribution < -0.4 is 5.32 Å². The summed E-state index contributed by atoms with van der Waals surface area (Å²) in [6, 6.07) is 5.43. The third-order valence-electron chi connectivity index (χ3n) is 3.52. The van der Waals surface area contributed by atoms with Gasteiger partial charge in [0.15, 0.2) is 0 Å². The lowest BCUT2D eigenvalue weighted by Gasteiger charge is -2.23. The first kappa shape index (κ1) is 15.5. The molecule has 0 saturated carbocycles. The Morgan fingerprint density at radius 1 is 1.57 bits per heavy atom. The van der Waals surface area contributed by atoms with Crippen LogP contribution in [-0.4, -0.2) is 28.5 Å². The summed E-state index contributed by atoms with van der Waals surface area (Å²) in [7, 11) is 0. The Morgan fingerprint density at radius 3 is 2.95 bits per heavy atom. The molecule has 2 rings (SSSR count). The zero-order chi connectivity index (χ0) is 15.4. The van der Waals surface area contributed by atoms with E-state index in [1.807, 2.05) is 18.3 Å². The summed E-state index contributed by atoms with van der Waals surface area (Å²) in [5.74, 6) is -0.705. The van der Waals surface area contributed by atoms with Crippen LogP contribution in [0.2, 0.25) is 0 Å². The van der Waals surface area contributed by atoms with Crippen LogP contribution in [0, 0.1) is 6.92 Å². The number of hydrogen-bond acceptors (Lipinski definition) is 4. The molecule has 112 valence electrons. The summed E-state index contributed by atoms with van der Waals surface area (Å²) >= 11 is 0.0442. The molecule has 1 aliphatic rings. The molecular weight excluding hydrogens is 295 g/mol. The first-order valence-electron chi connectivity index (χ1n) is 6.48. The van der Waals surface area contributed by atoms with Gasteiger partial charge in [0.25, 0.3) is 5.91 Å². The molecule has 1 heterocycles. The number of halogens is 1.